The van der Waals surface area contributed by atoms with Crippen LogP contribution in [0.2, 0.25) is 10.0 Å². The van der Waals surface area contributed by atoms with Crippen LogP contribution in [0.15, 0.2) is 71.6 Å². The van der Waals surface area contributed by atoms with Gasteiger partial charge in [-0.05, 0) is 73.2 Å². The monoisotopic (exact) mass is 478 g/mol. The van der Waals surface area contributed by atoms with E-state index in [1.165, 1.54) is 19.2 Å². The fraction of sp³-hybridized carbons (Fsp3) is 0.136. The van der Waals surface area contributed by atoms with Crippen molar-refractivity contribution < 1.29 is 17.9 Å². The summed E-state index contributed by atoms with van der Waals surface area (Å²) in [5, 5.41) is 3.64. The third-order valence-electron chi connectivity index (χ3n) is 4.52. The maximum Gasteiger partial charge on any atom is 0.264 e. The number of methoxy groups -OCH3 is 1. The van der Waals surface area contributed by atoms with Crippen molar-refractivity contribution in [2.45, 2.75) is 11.8 Å². The molecule has 1 amide bonds. The molecule has 0 aliphatic heterocycles. The Labute approximate surface area is 191 Å². The summed E-state index contributed by atoms with van der Waals surface area (Å²) in [6, 6.07) is 17.2. The van der Waals surface area contributed by atoms with Gasteiger partial charge in [0.25, 0.3) is 10.0 Å². The highest BCUT2D eigenvalue weighted by Crippen LogP contribution is 2.27. The van der Waals surface area contributed by atoms with Crippen LogP contribution >= 0.6 is 23.2 Å². The van der Waals surface area contributed by atoms with E-state index in [1.54, 1.807) is 54.6 Å². The van der Waals surface area contributed by atoms with Crippen LogP contribution in [0.1, 0.15) is 5.56 Å². The van der Waals surface area contributed by atoms with E-state index >= 15 is 0 Å². The Morgan fingerprint density at radius 3 is 2.19 bits per heavy atom. The number of halogens is 2. The van der Waals surface area contributed by atoms with E-state index in [0.717, 1.165) is 9.87 Å². The average Bonchev–Trinajstić information content (AvgIpc) is 2.75. The zero-order valence-electron chi connectivity index (χ0n) is 16.8. The van der Waals surface area contributed by atoms with Gasteiger partial charge in [0, 0.05) is 15.7 Å². The number of aryl methyl sites for hydroxylation is 1. The minimum Gasteiger partial charge on any atom is -0.497 e. The standard InChI is InChI=1S/C22H20Cl2N2O4S/c1-15-3-4-17(24)13-21(15)25-22(27)14-26(18-7-5-16(23)6-8-18)31(28,29)20-11-9-19(30-2)10-12-20/h3-13H,14H2,1-2H3,(H,25,27). The lowest BCUT2D eigenvalue weighted by molar-refractivity contribution is -0.114. The number of rotatable bonds is 7. The number of nitrogens with one attached hydrogen (secondary N) is 1. The smallest absolute Gasteiger partial charge is 0.264 e. The molecule has 1 N–H and O–H groups in total. The quantitative estimate of drug-likeness (QED) is 0.509. The van der Waals surface area contributed by atoms with Crippen molar-refractivity contribution in [3.05, 3.63) is 82.3 Å². The molecule has 0 bridgehead atoms. The molecule has 0 aliphatic rings. The molecule has 31 heavy (non-hydrogen) atoms. The molecule has 0 heterocycles. The van der Waals surface area contributed by atoms with Gasteiger partial charge < -0.3 is 10.1 Å². The number of hydrogen-bond acceptors (Lipinski definition) is 4. The van der Waals surface area contributed by atoms with Crippen molar-refractivity contribution >= 4 is 50.5 Å². The maximum absolute atomic E-state index is 13.4. The maximum atomic E-state index is 13.4. The Kier molecular flexibility index (Phi) is 7.10. The molecule has 0 spiro atoms. The number of hydrogen-bond donors (Lipinski definition) is 1. The van der Waals surface area contributed by atoms with Crippen molar-refractivity contribution in [2.24, 2.45) is 0 Å². The molecule has 0 fully saturated rings. The third kappa shape index (κ3) is 5.50. The first-order valence-corrected chi connectivity index (χ1v) is 11.4. The summed E-state index contributed by atoms with van der Waals surface area (Å²) in [6.07, 6.45) is 0. The minimum absolute atomic E-state index is 0.0231. The van der Waals surface area contributed by atoms with Crippen LogP contribution in [0.25, 0.3) is 0 Å². The predicted molar refractivity (Wildman–Crippen MR) is 124 cm³/mol. The first-order chi connectivity index (χ1) is 14.7. The first-order valence-electron chi connectivity index (χ1n) is 9.19. The summed E-state index contributed by atoms with van der Waals surface area (Å²) in [7, 11) is -2.56. The molecule has 0 atom stereocenters. The first kappa shape index (κ1) is 22.9. The molecule has 3 rings (SSSR count). The number of carbonyl (C=O) groups excluding carboxylic acids is 1. The van der Waals surface area contributed by atoms with E-state index in [1.807, 2.05) is 6.92 Å². The summed E-state index contributed by atoms with van der Waals surface area (Å²) in [4.78, 5) is 12.8. The van der Waals surface area contributed by atoms with E-state index in [-0.39, 0.29) is 4.90 Å². The van der Waals surface area contributed by atoms with Gasteiger partial charge in [-0.1, -0.05) is 29.3 Å². The second-order valence-corrected chi connectivity index (χ2v) is 9.41. The Balaban J connectivity index is 1.95. The summed E-state index contributed by atoms with van der Waals surface area (Å²) in [6.45, 7) is 1.37. The lowest BCUT2D eigenvalue weighted by atomic mass is 10.2. The third-order valence-corrected chi connectivity index (χ3v) is 6.80. The molecule has 9 heteroatoms. The number of anilines is 2. The lowest BCUT2D eigenvalue weighted by Crippen LogP contribution is -2.38. The van der Waals surface area contributed by atoms with Crippen molar-refractivity contribution in [3.8, 4) is 5.75 Å². The number of amides is 1. The van der Waals surface area contributed by atoms with Crippen LogP contribution < -0.4 is 14.4 Å². The van der Waals surface area contributed by atoms with Crippen molar-refractivity contribution in [1.82, 2.24) is 0 Å². The molecule has 0 saturated heterocycles. The molecule has 0 unspecified atom stereocenters. The van der Waals surface area contributed by atoms with Crippen molar-refractivity contribution in [2.75, 3.05) is 23.3 Å². The van der Waals surface area contributed by atoms with Gasteiger partial charge in [0.05, 0.1) is 17.7 Å². The van der Waals surface area contributed by atoms with E-state index in [0.29, 0.717) is 27.2 Å². The van der Waals surface area contributed by atoms with Crippen LogP contribution in [0.5, 0.6) is 5.75 Å². The van der Waals surface area contributed by atoms with E-state index in [2.05, 4.69) is 5.32 Å². The van der Waals surface area contributed by atoms with E-state index in [4.69, 9.17) is 27.9 Å². The minimum atomic E-state index is -4.05. The highest BCUT2D eigenvalue weighted by molar-refractivity contribution is 7.92. The fourth-order valence-corrected chi connectivity index (χ4v) is 4.57. The molecular weight excluding hydrogens is 459 g/mol. The van der Waals surface area contributed by atoms with Gasteiger partial charge in [-0.25, -0.2) is 8.42 Å². The fourth-order valence-electron chi connectivity index (χ4n) is 2.85. The second kappa shape index (κ2) is 9.60. The van der Waals surface area contributed by atoms with Crippen molar-refractivity contribution in [1.29, 1.82) is 0 Å². The number of sulfonamides is 1. The van der Waals surface area contributed by atoms with Gasteiger partial charge in [-0.2, -0.15) is 0 Å². The summed E-state index contributed by atoms with van der Waals surface area (Å²) in [5.41, 5.74) is 1.61. The largest absolute Gasteiger partial charge is 0.497 e. The Morgan fingerprint density at radius 2 is 1.58 bits per heavy atom. The topological polar surface area (TPSA) is 75.7 Å². The Hall–Kier alpha value is -2.74. The zero-order chi connectivity index (χ0) is 22.6. The van der Waals surface area contributed by atoms with Crippen LogP contribution in [0.4, 0.5) is 11.4 Å². The predicted octanol–water partition coefficient (Wildman–Crippen LogP) is 5.14. The molecular formula is C22H20Cl2N2O4S. The van der Waals surface area contributed by atoms with Gasteiger partial charge in [-0.15, -0.1) is 0 Å². The van der Waals surface area contributed by atoms with Gasteiger partial charge in [0.1, 0.15) is 12.3 Å². The molecule has 6 nitrogen and oxygen atoms in total. The summed E-state index contributed by atoms with van der Waals surface area (Å²) < 4.78 is 32.9. The normalized spacial score (nSPS) is 11.1. The Morgan fingerprint density at radius 1 is 0.968 bits per heavy atom. The van der Waals surface area contributed by atoms with Gasteiger partial charge in [0.15, 0.2) is 0 Å². The lowest BCUT2D eigenvalue weighted by Gasteiger charge is -2.24. The molecule has 0 radical (unpaired) electrons. The molecule has 3 aromatic rings. The van der Waals surface area contributed by atoms with Crippen molar-refractivity contribution in [3.63, 3.8) is 0 Å². The number of benzene rings is 3. The highest BCUT2D eigenvalue weighted by Gasteiger charge is 2.27. The molecule has 162 valence electrons. The number of nitrogens with zero attached hydrogens (tertiary/aromatic N) is 1. The molecule has 0 aromatic heterocycles. The molecule has 0 saturated carbocycles. The summed E-state index contributed by atoms with van der Waals surface area (Å²) >= 11 is 12.0. The van der Waals surface area contributed by atoms with Gasteiger partial charge in [0.2, 0.25) is 5.91 Å². The van der Waals surface area contributed by atoms with E-state index in [9.17, 15) is 13.2 Å². The summed E-state index contributed by atoms with van der Waals surface area (Å²) in [5.74, 6) is 0.00331. The Bertz CT molecular complexity index is 1180. The molecule has 3 aromatic carbocycles. The van der Waals surface area contributed by atoms with Crippen LogP contribution in [-0.4, -0.2) is 28.0 Å². The second-order valence-electron chi connectivity index (χ2n) is 6.67. The van der Waals surface area contributed by atoms with E-state index < -0.39 is 22.5 Å². The SMILES string of the molecule is COc1ccc(S(=O)(=O)N(CC(=O)Nc2cc(Cl)ccc2C)c2ccc(Cl)cc2)cc1. The number of ether oxygens (including phenoxy) is 1. The van der Waals surface area contributed by atoms with Gasteiger partial charge in [-0.3, -0.25) is 9.10 Å². The molecule has 0 aliphatic carbocycles. The number of carbonyl (C=O) groups is 1. The van der Waals surface area contributed by atoms with Gasteiger partial charge >= 0.3 is 0 Å². The van der Waals surface area contributed by atoms with Crippen LogP contribution in [-0.2, 0) is 14.8 Å². The zero-order valence-corrected chi connectivity index (χ0v) is 19.1. The van der Waals surface area contributed by atoms with Crippen LogP contribution in [0.3, 0.4) is 0 Å². The average molecular weight is 479 g/mol. The highest BCUT2D eigenvalue weighted by atomic mass is 35.5. The van der Waals surface area contributed by atoms with Crippen LogP contribution in [0, 0.1) is 6.92 Å².